The second-order valence-electron chi connectivity index (χ2n) is 7.72. The van der Waals surface area contributed by atoms with Gasteiger partial charge in [-0.05, 0) is 74.9 Å². The van der Waals surface area contributed by atoms with Crippen molar-refractivity contribution in [1.29, 1.82) is 0 Å². The molecule has 0 aliphatic rings. The molecule has 0 radical (unpaired) electrons. The molecule has 1 N–H and O–H groups in total. The molecule has 0 saturated heterocycles. The van der Waals surface area contributed by atoms with Crippen LogP contribution in [0.25, 0.3) is 0 Å². The molecular formula is C26H29FN2O5S. The van der Waals surface area contributed by atoms with Crippen LogP contribution in [0.5, 0.6) is 11.5 Å². The smallest absolute Gasteiger partial charge is 0.264 e. The zero-order valence-electron chi connectivity index (χ0n) is 20.0. The molecule has 3 aromatic carbocycles. The molecule has 0 spiro atoms. The zero-order valence-corrected chi connectivity index (χ0v) is 20.8. The summed E-state index contributed by atoms with van der Waals surface area (Å²) in [4.78, 5) is 12.9. The third-order valence-corrected chi connectivity index (χ3v) is 6.90. The fraction of sp³-hybridized carbons (Fsp3) is 0.269. The fourth-order valence-electron chi connectivity index (χ4n) is 3.35. The Balaban J connectivity index is 1.80. The van der Waals surface area contributed by atoms with Crippen LogP contribution >= 0.6 is 0 Å². The van der Waals surface area contributed by atoms with Crippen LogP contribution in [-0.2, 0) is 21.4 Å². The van der Waals surface area contributed by atoms with Crippen molar-refractivity contribution in [2.45, 2.75) is 32.2 Å². The number of halogens is 1. The second kappa shape index (κ2) is 11.7. The number of nitrogens with one attached hydrogen (secondary N) is 1. The third-order valence-electron chi connectivity index (χ3n) is 5.11. The Hall–Kier alpha value is -3.59. The molecule has 0 fully saturated rings. The van der Waals surface area contributed by atoms with E-state index < -0.39 is 28.3 Å². The van der Waals surface area contributed by atoms with Gasteiger partial charge in [0.1, 0.15) is 12.4 Å². The lowest BCUT2D eigenvalue weighted by atomic mass is 10.2. The maximum atomic E-state index is 13.5. The van der Waals surface area contributed by atoms with Crippen molar-refractivity contribution in [1.82, 2.24) is 5.32 Å². The number of benzene rings is 3. The fourth-order valence-corrected chi connectivity index (χ4v) is 4.77. The number of rotatable bonds is 11. The number of aryl methyl sites for hydroxylation is 1. The van der Waals surface area contributed by atoms with Crippen molar-refractivity contribution in [3.8, 4) is 11.5 Å². The van der Waals surface area contributed by atoms with Crippen LogP contribution in [0.15, 0.2) is 71.6 Å². The van der Waals surface area contributed by atoms with Gasteiger partial charge in [-0.25, -0.2) is 12.8 Å². The number of anilines is 1. The molecular weight excluding hydrogens is 471 g/mol. The van der Waals surface area contributed by atoms with Gasteiger partial charge in [-0.1, -0.05) is 23.8 Å². The number of hydrogen-bond donors (Lipinski definition) is 1. The van der Waals surface area contributed by atoms with Gasteiger partial charge in [-0.3, -0.25) is 9.10 Å². The van der Waals surface area contributed by atoms with E-state index in [2.05, 4.69) is 5.32 Å². The average molecular weight is 501 g/mol. The highest BCUT2D eigenvalue weighted by molar-refractivity contribution is 7.92. The molecule has 7 nitrogen and oxygen atoms in total. The lowest BCUT2D eigenvalue weighted by molar-refractivity contribution is -0.119. The number of carbonyl (C=O) groups is 1. The standard InChI is InChI=1S/C26H29FN2O5S/c1-4-33-24-15-8-20(16-25(24)34-5-2)17-28-26(30)18-29(22-11-9-21(27)10-12-22)35(31,32)23-13-6-19(3)7-14-23/h6-16H,4-5,17-18H2,1-3H3,(H,28,30). The molecule has 0 heterocycles. The van der Waals surface area contributed by atoms with Gasteiger partial charge < -0.3 is 14.8 Å². The lowest BCUT2D eigenvalue weighted by Crippen LogP contribution is -2.40. The highest BCUT2D eigenvalue weighted by Gasteiger charge is 2.27. The van der Waals surface area contributed by atoms with E-state index in [1.54, 1.807) is 30.3 Å². The minimum Gasteiger partial charge on any atom is -0.490 e. The molecule has 0 atom stereocenters. The Morgan fingerprint density at radius 1 is 0.914 bits per heavy atom. The van der Waals surface area contributed by atoms with Crippen LogP contribution in [0.3, 0.4) is 0 Å². The third kappa shape index (κ3) is 6.73. The zero-order chi connectivity index (χ0) is 25.4. The predicted octanol–water partition coefficient (Wildman–Crippen LogP) is 4.44. The molecule has 35 heavy (non-hydrogen) atoms. The van der Waals surface area contributed by atoms with E-state index in [0.717, 1.165) is 27.6 Å². The summed E-state index contributed by atoms with van der Waals surface area (Å²) in [6.45, 7) is 6.22. The Labute approximate surface area is 205 Å². The molecule has 9 heteroatoms. The molecule has 0 aromatic heterocycles. The van der Waals surface area contributed by atoms with Crippen LogP contribution in [0, 0.1) is 12.7 Å². The van der Waals surface area contributed by atoms with Gasteiger partial charge in [0.05, 0.1) is 23.8 Å². The molecule has 0 unspecified atom stereocenters. The van der Waals surface area contributed by atoms with Crippen molar-refractivity contribution in [2.24, 2.45) is 0 Å². The predicted molar refractivity (Wildman–Crippen MR) is 133 cm³/mol. The molecule has 0 aliphatic heterocycles. The van der Waals surface area contributed by atoms with Crippen LogP contribution in [0.2, 0.25) is 0 Å². The van der Waals surface area contributed by atoms with Crippen LogP contribution in [0.4, 0.5) is 10.1 Å². The molecule has 0 saturated carbocycles. The van der Waals surface area contributed by atoms with E-state index in [1.807, 2.05) is 20.8 Å². The average Bonchev–Trinajstić information content (AvgIpc) is 2.84. The van der Waals surface area contributed by atoms with Gasteiger partial charge in [0, 0.05) is 6.54 Å². The normalized spacial score (nSPS) is 11.1. The first-order valence-electron chi connectivity index (χ1n) is 11.2. The van der Waals surface area contributed by atoms with Gasteiger partial charge >= 0.3 is 0 Å². The summed E-state index contributed by atoms with van der Waals surface area (Å²) in [5.74, 6) is 0.149. The van der Waals surface area contributed by atoms with Crippen molar-refractivity contribution in [2.75, 3.05) is 24.1 Å². The summed E-state index contributed by atoms with van der Waals surface area (Å²) in [5.41, 5.74) is 1.85. The maximum Gasteiger partial charge on any atom is 0.264 e. The first-order valence-corrected chi connectivity index (χ1v) is 12.7. The molecule has 0 aliphatic carbocycles. The van der Waals surface area contributed by atoms with Crippen molar-refractivity contribution in [3.63, 3.8) is 0 Å². The first kappa shape index (κ1) is 26.0. The maximum absolute atomic E-state index is 13.5. The van der Waals surface area contributed by atoms with E-state index in [4.69, 9.17) is 9.47 Å². The Morgan fingerprint density at radius 2 is 1.54 bits per heavy atom. The van der Waals surface area contributed by atoms with Gasteiger partial charge in [0.2, 0.25) is 5.91 Å². The summed E-state index contributed by atoms with van der Waals surface area (Å²) in [6, 6.07) is 16.6. The van der Waals surface area contributed by atoms with Crippen LogP contribution < -0.4 is 19.1 Å². The molecule has 1 amide bonds. The van der Waals surface area contributed by atoms with E-state index in [9.17, 15) is 17.6 Å². The summed E-state index contributed by atoms with van der Waals surface area (Å²) >= 11 is 0. The van der Waals surface area contributed by atoms with E-state index in [0.29, 0.717) is 24.7 Å². The number of sulfonamides is 1. The highest BCUT2D eigenvalue weighted by atomic mass is 32.2. The summed E-state index contributed by atoms with van der Waals surface area (Å²) in [5, 5.41) is 2.75. The first-order chi connectivity index (χ1) is 16.7. The van der Waals surface area contributed by atoms with E-state index >= 15 is 0 Å². The number of nitrogens with zero attached hydrogens (tertiary/aromatic N) is 1. The number of carbonyl (C=O) groups excluding carboxylic acids is 1. The minimum absolute atomic E-state index is 0.0353. The largest absolute Gasteiger partial charge is 0.490 e. The van der Waals surface area contributed by atoms with Gasteiger partial charge in [-0.15, -0.1) is 0 Å². The van der Waals surface area contributed by atoms with Crippen LogP contribution in [0.1, 0.15) is 25.0 Å². The number of hydrogen-bond acceptors (Lipinski definition) is 5. The van der Waals surface area contributed by atoms with Gasteiger partial charge in [0.15, 0.2) is 11.5 Å². The van der Waals surface area contributed by atoms with Crippen molar-refractivity contribution >= 4 is 21.6 Å². The molecule has 3 rings (SSSR count). The van der Waals surface area contributed by atoms with Crippen molar-refractivity contribution in [3.05, 3.63) is 83.7 Å². The molecule has 0 bridgehead atoms. The van der Waals surface area contributed by atoms with Gasteiger partial charge in [0.25, 0.3) is 10.0 Å². The monoisotopic (exact) mass is 500 g/mol. The molecule has 3 aromatic rings. The topological polar surface area (TPSA) is 84.9 Å². The second-order valence-corrected chi connectivity index (χ2v) is 9.59. The summed E-state index contributed by atoms with van der Waals surface area (Å²) < 4.78 is 52.4. The van der Waals surface area contributed by atoms with E-state index in [-0.39, 0.29) is 17.1 Å². The SMILES string of the molecule is CCOc1ccc(CNC(=O)CN(c2ccc(F)cc2)S(=O)(=O)c2ccc(C)cc2)cc1OCC. The van der Waals surface area contributed by atoms with Crippen LogP contribution in [-0.4, -0.2) is 34.1 Å². The summed E-state index contributed by atoms with van der Waals surface area (Å²) in [6.07, 6.45) is 0. The number of ether oxygens (including phenoxy) is 2. The lowest BCUT2D eigenvalue weighted by Gasteiger charge is -2.24. The number of amides is 1. The quantitative estimate of drug-likeness (QED) is 0.421. The Bertz CT molecular complexity index is 1250. The highest BCUT2D eigenvalue weighted by Crippen LogP contribution is 2.29. The minimum atomic E-state index is -4.07. The molecule has 186 valence electrons. The Morgan fingerprint density at radius 3 is 2.17 bits per heavy atom. The van der Waals surface area contributed by atoms with Crippen molar-refractivity contribution < 1.29 is 27.1 Å². The van der Waals surface area contributed by atoms with Gasteiger partial charge in [-0.2, -0.15) is 0 Å². The van der Waals surface area contributed by atoms with E-state index in [1.165, 1.54) is 24.3 Å². The summed E-state index contributed by atoms with van der Waals surface area (Å²) in [7, 11) is -4.07. The Kier molecular flexibility index (Phi) is 8.70.